The van der Waals surface area contributed by atoms with Gasteiger partial charge in [0.15, 0.2) is 34.2 Å². The summed E-state index contributed by atoms with van der Waals surface area (Å²) in [7, 11) is -2.32. The van der Waals surface area contributed by atoms with Crippen molar-refractivity contribution in [2.24, 2.45) is 5.92 Å². The fourth-order valence-corrected chi connectivity index (χ4v) is 2.79. The topological polar surface area (TPSA) is 88.1 Å². The maximum atomic E-state index is 12.3. The highest BCUT2D eigenvalue weighted by Gasteiger charge is 2.41. The second-order valence-corrected chi connectivity index (χ2v) is 10.4. The molecule has 140 valence electrons. The molecule has 0 rings (SSSR count). The highest BCUT2D eigenvalue weighted by Crippen LogP contribution is 2.21. The lowest BCUT2D eigenvalue weighted by atomic mass is 9.98. The molecule has 0 aliphatic carbocycles. The van der Waals surface area contributed by atoms with Crippen molar-refractivity contribution in [1.82, 2.24) is 0 Å². The van der Waals surface area contributed by atoms with Crippen LogP contribution in [0.3, 0.4) is 0 Å². The van der Waals surface area contributed by atoms with Crippen LogP contribution in [0.1, 0.15) is 6.42 Å². The van der Waals surface area contributed by atoms with Crippen LogP contribution in [0, 0.1) is 42.9 Å². The molecule has 0 bridgehead atoms. The third-order valence-corrected chi connectivity index (χ3v) is 3.64. The molecule has 0 spiro atoms. The smallest absolute Gasteiger partial charge is 0.335 e. The molecule has 0 heterocycles. The zero-order valence-corrected chi connectivity index (χ0v) is 16.1. The number of carbonyl (C=O) groups excluding carboxylic acids is 3. The summed E-state index contributed by atoms with van der Waals surface area (Å²) in [6, 6.07) is 0. The van der Waals surface area contributed by atoms with Crippen molar-refractivity contribution in [1.29, 1.82) is 0 Å². The standard InChI is InChI=1S/C18H22O7Si/c1-7-10-22-15(19)13-14(17(20)23-11-8-2)16(25-26(4,5)6)18(21)24-12-9-3/h1-3,14,16H,10-13H2,4-6H3. The summed E-state index contributed by atoms with van der Waals surface area (Å²) in [5, 5.41) is 0. The molecular weight excluding hydrogens is 356 g/mol. The van der Waals surface area contributed by atoms with E-state index in [0.29, 0.717) is 0 Å². The molecule has 26 heavy (non-hydrogen) atoms. The lowest BCUT2D eigenvalue weighted by Crippen LogP contribution is -2.46. The highest BCUT2D eigenvalue weighted by atomic mass is 28.4. The monoisotopic (exact) mass is 378 g/mol. The molecule has 2 unspecified atom stereocenters. The predicted octanol–water partition coefficient (Wildman–Crippen LogP) is 0.742. The van der Waals surface area contributed by atoms with Crippen LogP contribution in [-0.4, -0.2) is 52.1 Å². The number of ether oxygens (including phenoxy) is 3. The Bertz CT molecular complexity index is 628. The summed E-state index contributed by atoms with van der Waals surface area (Å²) >= 11 is 0. The SMILES string of the molecule is C#CCOC(=O)CC(C(=O)OCC#C)C(O[Si](C)(C)C)C(=O)OCC#C. The quantitative estimate of drug-likeness (QED) is 0.240. The summed E-state index contributed by atoms with van der Waals surface area (Å²) < 4.78 is 20.3. The van der Waals surface area contributed by atoms with Crippen molar-refractivity contribution < 1.29 is 33.0 Å². The van der Waals surface area contributed by atoms with Gasteiger partial charge in [-0.15, -0.1) is 19.3 Å². The Morgan fingerprint density at radius 2 is 1.31 bits per heavy atom. The lowest BCUT2D eigenvalue weighted by molar-refractivity contribution is -0.166. The van der Waals surface area contributed by atoms with E-state index in [0.717, 1.165) is 0 Å². The first-order valence-electron chi connectivity index (χ1n) is 7.63. The Labute approximate surface area is 154 Å². The molecule has 0 aromatic heterocycles. The Morgan fingerprint density at radius 1 is 0.846 bits per heavy atom. The molecule has 0 amide bonds. The van der Waals surface area contributed by atoms with Crippen molar-refractivity contribution in [3.05, 3.63) is 0 Å². The molecule has 0 saturated carbocycles. The molecule has 0 aliphatic heterocycles. The number of carbonyl (C=O) groups is 3. The van der Waals surface area contributed by atoms with Crippen LogP contribution in [0.5, 0.6) is 0 Å². The Hall–Kier alpha value is -2.73. The van der Waals surface area contributed by atoms with E-state index in [1.165, 1.54) is 0 Å². The molecule has 2 atom stereocenters. The van der Waals surface area contributed by atoms with Gasteiger partial charge < -0.3 is 18.6 Å². The van der Waals surface area contributed by atoms with Gasteiger partial charge >= 0.3 is 17.9 Å². The molecule has 0 N–H and O–H groups in total. The van der Waals surface area contributed by atoms with Crippen molar-refractivity contribution in [3.63, 3.8) is 0 Å². The minimum atomic E-state index is -2.32. The van der Waals surface area contributed by atoms with E-state index in [1.807, 2.05) is 0 Å². The highest BCUT2D eigenvalue weighted by molar-refractivity contribution is 6.69. The number of terminal acetylenes is 3. The Balaban J connectivity index is 5.59. The molecular formula is C18H22O7Si. The van der Waals surface area contributed by atoms with E-state index in [1.54, 1.807) is 19.6 Å². The maximum Gasteiger partial charge on any atom is 0.335 e. The van der Waals surface area contributed by atoms with Gasteiger partial charge in [-0.05, 0) is 19.6 Å². The van der Waals surface area contributed by atoms with Crippen LogP contribution in [-0.2, 0) is 33.0 Å². The number of hydrogen-bond donors (Lipinski definition) is 0. The van der Waals surface area contributed by atoms with Crippen LogP contribution in [0.15, 0.2) is 0 Å². The largest absolute Gasteiger partial charge is 0.452 e. The zero-order chi connectivity index (χ0) is 20.2. The molecule has 0 aliphatic rings. The van der Waals surface area contributed by atoms with Gasteiger partial charge in [-0.25, -0.2) is 4.79 Å². The summed E-state index contributed by atoms with van der Waals surface area (Å²) in [6.07, 6.45) is 13.3. The summed E-state index contributed by atoms with van der Waals surface area (Å²) in [5.41, 5.74) is 0. The number of hydrogen-bond acceptors (Lipinski definition) is 7. The van der Waals surface area contributed by atoms with Gasteiger partial charge in [0.1, 0.15) is 5.92 Å². The minimum Gasteiger partial charge on any atom is -0.452 e. The summed E-state index contributed by atoms with van der Waals surface area (Å²) in [6.45, 7) is 4.50. The normalized spacial score (nSPS) is 12.5. The molecule has 0 aromatic rings. The van der Waals surface area contributed by atoms with E-state index in [4.69, 9.17) is 37.9 Å². The summed E-state index contributed by atoms with van der Waals surface area (Å²) in [5.74, 6) is 2.53. The second kappa shape index (κ2) is 11.8. The van der Waals surface area contributed by atoms with Crippen molar-refractivity contribution >= 4 is 26.2 Å². The van der Waals surface area contributed by atoms with Gasteiger partial charge in [0.25, 0.3) is 0 Å². The van der Waals surface area contributed by atoms with E-state index in [9.17, 15) is 14.4 Å². The van der Waals surface area contributed by atoms with Crippen LogP contribution in [0.2, 0.25) is 19.6 Å². The first kappa shape index (κ1) is 23.3. The fraction of sp³-hybridized carbons (Fsp3) is 0.500. The van der Waals surface area contributed by atoms with E-state index in [-0.39, 0.29) is 19.8 Å². The van der Waals surface area contributed by atoms with Crippen molar-refractivity contribution in [3.8, 4) is 37.0 Å². The molecule has 0 fully saturated rings. The Kier molecular flexibility index (Phi) is 10.5. The zero-order valence-electron chi connectivity index (χ0n) is 15.1. The minimum absolute atomic E-state index is 0.272. The fourth-order valence-electron chi connectivity index (χ4n) is 1.76. The molecule has 8 heteroatoms. The number of esters is 3. The van der Waals surface area contributed by atoms with Gasteiger partial charge in [-0.1, -0.05) is 17.8 Å². The maximum absolute atomic E-state index is 12.3. The van der Waals surface area contributed by atoms with Crippen LogP contribution in [0.25, 0.3) is 0 Å². The van der Waals surface area contributed by atoms with Crippen LogP contribution >= 0.6 is 0 Å². The molecule has 0 saturated heterocycles. The van der Waals surface area contributed by atoms with E-state index in [2.05, 4.69) is 17.8 Å². The first-order chi connectivity index (χ1) is 12.2. The molecule has 0 radical (unpaired) electrons. The predicted molar refractivity (Wildman–Crippen MR) is 95.7 cm³/mol. The van der Waals surface area contributed by atoms with Crippen molar-refractivity contribution in [2.75, 3.05) is 19.8 Å². The van der Waals surface area contributed by atoms with Gasteiger partial charge in [0, 0.05) is 0 Å². The Morgan fingerprint density at radius 3 is 1.77 bits per heavy atom. The van der Waals surface area contributed by atoms with Gasteiger partial charge in [-0.3, -0.25) is 9.59 Å². The van der Waals surface area contributed by atoms with Crippen LogP contribution < -0.4 is 0 Å². The second-order valence-electron chi connectivity index (χ2n) is 5.95. The molecule has 0 aromatic carbocycles. The summed E-state index contributed by atoms with van der Waals surface area (Å²) in [4.78, 5) is 36.6. The first-order valence-corrected chi connectivity index (χ1v) is 11.0. The van der Waals surface area contributed by atoms with Gasteiger partial charge in [0.2, 0.25) is 0 Å². The average Bonchev–Trinajstić information content (AvgIpc) is 2.57. The van der Waals surface area contributed by atoms with Crippen LogP contribution in [0.4, 0.5) is 0 Å². The third-order valence-electron chi connectivity index (χ3n) is 2.68. The lowest BCUT2D eigenvalue weighted by Gasteiger charge is -2.29. The third kappa shape index (κ3) is 9.54. The molecule has 7 nitrogen and oxygen atoms in total. The average molecular weight is 378 g/mol. The van der Waals surface area contributed by atoms with Crippen molar-refractivity contribution in [2.45, 2.75) is 32.2 Å². The number of rotatable bonds is 10. The van der Waals surface area contributed by atoms with E-state index >= 15 is 0 Å². The van der Waals surface area contributed by atoms with Gasteiger partial charge in [-0.2, -0.15) is 0 Å². The van der Waals surface area contributed by atoms with Gasteiger partial charge in [0.05, 0.1) is 6.42 Å². The van der Waals surface area contributed by atoms with E-state index < -0.39 is 44.7 Å².